The smallest absolute Gasteiger partial charge is 0.246 e. The number of hydroxylamine groups is 1. The Balaban J connectivity index is 2.36. The molecule has 0 unspecified atom stereocenters. The Morgan fingerprint density at radius 3 is 2.67 bits per heavy atom. The van der Waals surface area contributed by atoms with E-state index in [9.17, 15) is 9.59 Å². The van der Waals surface area contributed by atoms with E-state index in [-0.39, 0.29) is 18.9 Å². The summed E-state index contributed by atoms with van der Waals surface area (Å²) >= 11 is 11.7. The lowest BCUT2D eigenvalue weighted by atomic mass is 10.1. The maximum absolute atomic E-state index is 11.3. The van der Waals surface area contributed by atoms with Crippen LogP contribution in [-0.2, 0) is 20.8 Å². The molecule has 0 heterocycles. The molecule has 0 bridgehead atoms. The van der Waals surface area contributed by atoms with Crippen LogP contribution in [0.1, 0.15) is 12.0 Å². The molecule has 5 nitrogen and oxygen atoms in total. The summed E-state index contributed by atoms with van der Waals surface area (Å²) in [4.78, 5) is 26.2. The van der Waals surface area contributed by atoms with E-state index >= 15 is 0 Å². The summed E-state index contributed by atoms with van der Waals surface area (Å²) in [5.74, 6) is -1.02. The summed E-state index contributed by atoms with van der Waals surface area (Å²) in [6.07, 6.45) is 0.627. The fraction of sp³-hybridized carbons (Fsp3) is 0.273. The van der Waals surface area contributed by atoms with Crippen LogP contribution in [0.15, 0.2) is 18.2 Å². The number of amides is 2. The van der Waals surface area contributed by atoms with Crippen LogP contribution in [0.4, 0.5) is 0 Å². The van der Waals surface area contributed by atoms with Crippen molar-refractivity contribution in [2.75, 3.05) is 6.61 Å². The first-order valence-electron chi connectivity index (χ1n) is 5.12. The summed E-state index contributed by atoms with van der Waals surface area (Å²) in [5.41, 5.74) is 7.75. The molecule has 1 aromatic carbocycles. The van der Waals surface area contributed by atoms with E-state index in [0.29, 0.717) is 16.5 Å². The Kier molecular flexibility index (Phi) is 5.91. The molecule has 0 spiro atoms. The lowest BCUT2D eigenvalue weighted by Gasteiger charge is -2.06. The van der Waals surface area contributed by atoms with E-state index in [1.165, 1.54) is 0 Å². The van der Waals surface area contributed by atoms with E-state index in [1.54, 1.807) is 18.2 Å². The van der Waals surface area contributed by atoms with Crippen LogP contribution in [0, 0.1) is 0 Å². The Hall–Kier alpha value is -1.30. The van der Waals surface area contributed by atoms with E-state index < -0.39 is 5.91 Å². The van der Waals surface area contributed by atoms with Gasteiger partial charge >= 0.3 is 0 Å². The van der Waals surface area contributed by atoms with Crippen LogP contribution in [0.5, 0.6) is 0 Å². The van der Waals surface area contributed by atoms with Crippen LogP contribution >= 0.6 is 23.2 Å². The minimum Gasteiger partial charge on any atom is -0.368 e. The van der Waals surface area contributed by atoms with Crippen LogP contribution < -0.4 is 11.2 Å². The zero-order chi connectivity index (χ0) is 13.5. The van der Waals surface area contributed by atoms with Crippen LogP contribution in [0.3, 0.4) is 0 Å². The molecule has 0 fully saturated rings. The second kappa shape index (κ2) is 7.20. The van der Waals surface area contributed by atoms with Crippen molar-refractivity contribution < 1.29 is 14.4 Å². The van der Waals surface area contributed by atoms with Crippen molar-refractivity contribution in [2.45, 2.75) is 12.8 Å². The predicted molar refractivity (Wildman–Crippen MR) is 68.1 cm³/mol. The molecule has 98 valence electrons. The van der Waals surface area contributed by atoms with Crippen molar-refractivity contribution in [3.63, 3.8) is 0 Å². The van der Waals surface area contributed by atoms with Crippen molar-refractivity contribution in [1.82, 2.24) is 5.48 Å². The maximum atomic E-state index is 11.3. The highest BCUT2D eigenvalue weighted by atomic mass is 35.5. The maximum Gasteiger partial charge on any atom is 0.246 e. The van der Waals surface area contributed by atoms with Gasteiger partial charge in [-0.2, -0.15) is 0 Å². The number of nitrogens with two attached hydrogens (primary N) is 1. The molecule has 1 aromatic rings. The van der Waals surface area contributed by atoms with E-state index in [0.717, 1.165) is 5.56 Å². The topological polar surface area (TPSA) is 81.4 Å². The number of rotatable bonds is 6. The van der Waals surface area contributed by atoms with Gasteiger partial charge in [-0.05, 0) is 24.1 Å². The monoisotopic (exact) mass is 290 g/mol. The van der Waals surface area contributed by atoms with Gasteiger partial charge in [-0.1, -0.05) is 29.3 Å². The van der Waals surface area contributed by atoms with Gasteiger partial charge in [0.25, 0.3) is 0 Å². The minimum atomic E-state index is -0.656. The molecule has 7 heteroatoms. The van der Waals surface area contributed by atoms with Crippen molar-refractivity contribution in [3.8, 4) is 0 Å². The van der Waals surface area contributed by atoms with E-state index in [4.69, 9.17) is 28.9 Å². The molecular formula is C11H12Cl2N2O3. The Bertz CT molecular complexity index is 452. The standard InChI is InChI=1S/C11H12Cl2N2O3/c12-8-3-1-7(9(13)5-8)2-4-11(17)15-18-6-10(14)16/h1,3,5H,2,4,6H2,(H2,14,16)(H,15,17). The van der Waals surface area contributed by atoms with Gasteiger partial charge in [0.1, 0.15) is 0 Å². The SMILES string of the molecule is NC(=O)CONC(=O)CCc1ccc(Cl)cc1Cl. The lowest BCUT2D eigenvalue weighted by molar-refractivity contribution is -0.137. The second-order valence-electron chi connectivity index (χ2n) is 3.52. The molecule has 0 aliphatic rings. The minimum absolute atomic E-state index is 0.181. The number of carbonyl (C=O) groups is 2. The largest absolute Gasteiger partial charge is 0.368 e. The van der Waals surface area contributed by atoms with Crippen molar-refractivity contribution >= 4 is 35.0 Å². The number of carbonyl (C=O) groups excluding carboxylic acids is 2. The average Bonchev–Trinajstić information content (AvgIpc) is 2.27. The molecule has 0 atom stereocenters. The molecule has 18 heavy (non-hydrogen) atoms. The van der Waals surface area contributed by atoms with Gasteiger partial charge in [-0.3, -0.25) is 14.4 Å². The summed E-state index contributed by atoms with van der Waals surface area (Å²) in [7, 11) is 0. The molecule has 0 saturated carbocycles. The van der Waals surface area contributed by atoms with Crippen LogP contribution in [-0.4, -0.2) is 18.4 Å². The highest BCUT2D eigenvalue weighted by Crippen LogP contribution is 2.21. The number of benzene rings is 1. The van der Waals surface area contributed by atoms with Crippen molar-refractivity contribution in [3.05, 3.63) is 33.8 Å². The quantitative estimate of drug-likeness (QED) is 0.778. The number of hydrogen-bond donors (Lipinski definition) is 2. The molecule has 0 aliphatic carbocycles. The zero-order valence-corrected chi connectivity index (χ0v) is 10.9. The summed E-state index contributed by atoms with van der Waals surface area (Å²) < 4.78 is 0. The number of nitrogens with one attached hydrogen (secondary N) is 1. The number of halogens is 2. The first-order chi connectivity index (χ1) is 8.49. The van der Waals surface area contributed by atoms with E-state index in [1.807, 2.05) is 0 Å². The van der Waals surface area contributed by atoms with Gasteiger partial charge in [-0.15, -0.1) is 0 Å². The molecule has 2 amide bonds. The third kappa shape index (κ3) is 5.35. The molecule has 3 N–H and O–H groups in total. The fourth-order valence-corrected chi connectivity index (χ4v) is 1.71. The Morgan fingerprint density at radius 2 is 2.06 bits per heavy atom. The average molecular weight is 291 g/mol. The summed E-state index contributed by atoms with van der Waals surface area (Å²) in [6.45, 7) is -0.354. The molecular weight excluding hydrogens is 279 g/mol. The lowest BCUT2D eigenvalue weighted by Crippen LogP contribution is -2.29. The zero-order valence-electron chi connectivity index (χ0n) is 9.41. The normalized spacial score (nSPS) is 10.1. The highest BCUT2D eigenvalue weighted by Gasteiger charge is 2.06. The molecule has 0 aromatic heterocycles. The summed E-state index contributed by atoms with van der Waals surface area (Å²) in [5, 5.41) is 1.05. The predicted octanol–water partition coefficient (Wildman–Crippen LogP) is 1.46. The van der Waals surface area contributed by atoms with Crippen LogP contribution in [0.25, 0.3) is 0 Å². The summed E-state index contributed by atoms with van der Waals surface area (Å²) in [6, 6.07) is 5.06. The first-order valence-corrected chi connectivity index (χ1v) is 5.87. The van der Waals surface area contributed by atoms with Gasteiger partial charge < -0.3 is 5.73 Å². The van der Waals surface area contributed by atoms with E-state index in [2.05, 4.69) is 10.3 Å². The van der Waals surface area contributed by atoms with Crippen molar-refractivity contribution in [1.29, 1.82) is 0 Å². The highest BCUT2D eigenvalue weighted by molar-refractivity contribution is 6.35. The van der Waals surface area contributed by atoms with Crippen molar-refractivity contribution in [2.24, 2.45) is 5.73 Å². The fourth-order valence-electron chi connectivity index (χ4n) is 1.21. The van der Waals surface area contributed by atoms with Gasteiger partial charge in [0.2, 0.25) is 11.8 Å². The third-order valence-corrected chi connectivity index (χ3v) is 2.62. The van der Waals surface area contributed by atoms with Gasteiger partial charge in [0.05, 0.1) is 0 Å². The van der Waals surface area contributed by atoms with Crippen LogP contribution in [0.2, 0.25) is 10.0 Å². The number of primary amides is 1. The second-order valence-corrected chi connectivity index (χ2v) is 4.36. The number of aryl methyl sites for hydroxylation is 1. The molecule has 0 radical (unpaired) electrons. The molecule has 0 saturated heterocycles. The van der Waals surface area contributed by atoms with Gasteiger partial charge in [-0.25, -0.2) is 5.48 Å². The Morgan fingerprint density at radius 1 is 1.33 bits per heavy atom. The number of hydrogen-bond acceptors (Lipinski definition) is 3. The van der Waals surface area contributed by atoms with Gasteiger partial charge in [0.15, 0.2) is 6.61 Å². The molecule has 0 aliphatic heterocycles. The third-order valence-electron chi connectivity index (χ3n) is 2.04. The Labute approximate surface area is 114 Å². The molecule has 1 rings (SSSR count). The first kappa shape index (κ1) is 14.8. The van der Waals surface area contributed by atoms with Gasteiger partial charge in [0, 0.05) is 16.5 Å².